The van der Waals surface area contributed by atoms with Crippen LogP contribution in [0.4, 0.5) is 23.2 Å². The van der Waals surface area contributed by atoms with Crippen molar-refractivity contribution in [3.8, 4) is 0 Å². The van der Waals surface area contributed by atoms with Gasteiger partial charge < -0.3 is 5.32 Å². The second-order valence-corrected chi connectivity index (χ2v) is 9.91. The molecule has 5 rings (SSSR count). The maximum Gasteiger partial charge on any atom is 0.433 e. The first-order valence-electron chi connectivity index (χ1n) is 12.8. The molecule has 10 heteroatoms. The number of carbonyl (C=O) groups excluding carboxylic acids is 1. The van der Waals surface area contributed by atoms with E-state index in [9.17, 15) is 22.4 Å². The van der Waals surface area contributed by atoms with Crippen LogP contribution in [0.25, 0.3) is 10.9 Å². The van der Waals surface area contributed by atoms with E-state index in [2.05, 4.69) is 20.4 Å². The average Bonchev–Trinajstić information content (AvgIpc) is 3.63. The van der Waals surface area contributed by atoms with E-state index in [1.807, 2.05) is 13.0 Å². The Balaban J connectivity index is 1.34. The van der Waals surface area contributed by atoms with Crippen molar-refractivity contribution in [3.63, 3.8) is 0 Å². The van der Waals surface area contributed by atoms with Crippen molar-refractivity contribution in [2.24, 2.45) is 10.9 Å². The standard InChI is InChI=1S/C27H29F4N5O/c1-2-36-24(14-22(35-36)17-7-8-17)26(37)32-12-11-16-5-3-4-6-20(16)33-23-15-25(27(29,30)31)34-21-10-9-18(28)13-19(21)23/h9-10,12-17,20H,2-8,11H2,1H3,(H,33,34)/b32-12-. The summed E-state index contributed by atoms with van der Waals surface area (Å²) in [7, 11) is 0. The summed E-state index contributed by atoms with van der Waals surface area (Å²) in [6.45, 7) is 2.51. The second-order valence-electron chi connectivity index (χ2n) is 9.91. The number of aromatic nitrogens is 3. The molecule has 196 valence electrons. The molecule has 6 nitrogen and oxygen atoms in total. The van der Waals surface area contributed by atoms with Crippen LogP contribution < -0.4 is 5.32 Å². The lowest BCUT2D eigenvalue weighted by Crippen LogP contribution is -2.32. The molecule has 0 spiro atoms. The number of fused-ring (bicyclic) bond motifs is 1. The van der Waals surface area contributed by atoms with Gasteiger partial charge in [-0.15, -0.1) is 0 Å². The fraction of sp³-hybridized carbons (Fsp3) is 0.481. The highest BCUT2D eigenvalue weighted by Gasteiger charge is 2.34. The number of nitrogens with zero attached hydrogens (tertiary/aromatic N) is 4. The molecule has 1 aromatic carbocycles. The highest BCUT2D eigenvalue weighted by molar-refractivity contribution is 5.97. The van der Waals surface area contributed by atoms with E-state index in [1.54, 1.807) is 10.9 Å². The molecule has 3 aromatic rings. The second kappa shape index (κ2) is 10.2. The molecule has 0 saturated heterocycles. The molecule has 0 aliphatic heterocycles. The predicted octanol–water partition coefficient (Wildman–Crippen LogP) is 6.76. The lowest BCUT2D eigenvalue weighted by molar-refractivity contribution is -0.140. The Kier molecular flexibility index (Phi) is 7.00. The van der Waals surface area contributed by atoms with Crippen LogP contribution in [0.2, 0.25) is 0 Å². The zero-order valence-corrected chi connectivity index (χ0v) is 20.6. The maximum absolute atomic E-state index is 14.0. The minimum Gasteiger partial charge on any atom is -0.381 e. The molecule has 2 heterocycles. The maximum atomic E-state index is 14.0. The Morgan fingerprint density at radius 2 is 1.95 bits per heavy atom. The van der Waals surface area contributed by atoms with Gasteiger partial charge in [0.05, 0.1) is 11.2 Å². The number of nitrogens with one attached hydrogen (secondary N) is 1. The lowest BCUT2D eigenvalue weighted by atomic mass is 9.82. The number of amides is 1. The Hall–Kier alpha value is -3.30. The summed E-state index contributed by atoms with van der Waals surface area (Å²) >= 11 is 0. The van der Waals surface area contributed by atoms with Gasteiger partial charge in [0, 0.05) is 35.8 Å². The minimum atomic E-state index is -4.62. The molecule has 2 atom stereocenters. The summed E-state index contributed by atoms with van der Waals surface area (Å²) < 4.78 is 56.1. The van der Waals surface area contributed by atoms with E-state index in [0.717, 1.165) is 56.4 Å². The number of halogens is 4. The highest BCUT2D eigenvalue weighted by atomic mass is 19.4. The number of pyridine rings is 1. The summed E-state index contributed by atoms with van der Waals surface area (Å²) in [5.74, 6) is -0.381. The van der Waals surface area contributed by atoms with Gasteiger partial charge in [-0.3, -0.25) is 9.48 Å². The topological polar surface area (TPSA) is 72.2 Å². The Morgan fingerprint density at radius 1 is 1.16 bits per heavy atom. The van der Waals surface area contributed by atoms with Crippen LogP contribution in [0.3, 0.4) is 0 Å². The van der Waals surface area contributed by atoms with E-state index in [-0.39, 0.29) is 29.1 Å². The SMILES string of the molecule is CCn1nc(C2CC2)cc1C(=O)/N=C\CC1CCCCC1Nc1cc(C(F)(F)F)nc2ccc(F)cc12. The van der Waals surface area contributed by atoms with Gasteiger partial charge in [0.15, 0.2) is 0 Å². The smallest absolute Gasteiger partial charge is 0.381 e. The monoisotopic (exact) mass is 515 g/mol. The molecule has 2 aromatic heterocycles. The third kappa shape index (κ3) is 5.67. The third-order valence-corrected chi connectivity index (χ3v) is 7.24. The number of benzene rings is 1. The van der Waals surface area contributed by atoms with Gasteiger partial charge in [0.1, 0.15) is 17.2 Å². The van der Waals surface area contributed by atoms with Crippen molar-refractivity contribution >= 4 is 28.7 Å². The van der Waals surface area contributed by atoms with Crippen LogP contribution >= 0.6 is 0 Å². The minimum absolute atomic E-state index is 0.0644. The molecule has 37 heavy (non-hydrogen) atoms. The van der Waals surface area contributed by atoms with Crippen molar-refractivity contribution in [2.75, 3.05) is 5.32 Å². The number of aliphatic imine (C=N–C) groups is 1. The van der Waals surface area contributed by atoms with E-state index >= 15 is 0 Å². The molecule has 0 radical (unpaired) electrons. The lowest BCUT2D eigenvalue weighted by Gasteiger charge is -2.32. The van der Waals surface area contributed by atoms with Gasteiger partial charge >= 0.3 is 6.18 Å². The summed E-state index contributed by atoms with van der Waals surface area (Å²) in [4.78, 5) is 20.7. The summed E-state index contributed by atoms with van der Waals surface area (Å²) in [6, 6.07) is 6.21. The predicted molar refractivity (Wildman–Crippen MR) is 133 cm³/mol. The molecular formula is C27H29F4N5O. The van der Waals surface area contributed by atoms with Crippen molar-refractivity contribution in [1.82, 2.24) is 14.8 Å². The largest absolute Gasteiger partial charge is 0.433 e. The van der Waals surface area contributed by atoms with Crippen LogP contribution in [0.5, 0.6) is 0 Å². The number of carbonyl (C=O) groups is 1. The fourth-order valence-corrected chi connectivity index (χ4v) is 5.11. The molecule has 2 saturated carbocycles. The quantitative estimate of drug-likeness (QED) is 0.279. The van der Waals surface area contributed by atoms with Gasteiger partial charge in [-0.2, -0.15) is 18.3 Å². The first kappa shape index (κ1) is 25.4. The highest BCUT2D eigenvalue weighted by Crippen LogP contribution is 2.39. The van der Waals surface area contributed by atoms with Crippen LogP contribution in [-0.2, 0) is 12.7 Å². The first-order valence-corrected chi connectivity index (χ1v) is 12.8. The molecule has 1 amide bonds. The van der Waals surface area contributed by atoms with Crippen LogP contribution in [-0.4, -0.2) is 32.9 Å². The zero-order valence-electron chi connectivity index (χ0n) is 20.6. The molecule has 2 fully saturated rings. The molecular weight excluding hydrogens is 486 g/mol. The van der Waals surface area contributed by atoms with Crippen molar-refractivity contribution < 1.29 is 22.4 Å². The molecule has 2 unspecified atom stereocenters. The van der Waals surface area contributed by atoms with Crippen LogP contribution in [0.15, 0.2) is 35.3 Å². The fourth-order valence-electron chi connectivity index (χ4n) is 5.11. The van der Waals surface area contributed by atoms with Gasteiger partial charge in [-0.1, -0.05) is 12.8 Å². The van der Waals surface area contributed by atoms with Crippen molar-refractivity contribution in [3.05, 3.63) is 53.2 Å². The normalized spacial score (nSPS) is 20.6. The molecule has 1 N–H and O–H groups in total. The molecule has 2 aliphatic rings. The summed E-state index contributed by atoms with van der Waals surface area (Å²) in [5, 5.41) is 8.09. The molecule has 0 bridgehead atoms. The Morgan fingerprint density at radius 3 is 2.68 bits per heavy atom. The van der Waals surface area contributed by atoms with Crippen molar-refractivity contribution in [2.45, 2.75) is 76.6 Å². The summed E-state index contributed by atoms with van der Waals surface area (Å²) in [6.07, 6.45) is 3.19. The zero-order chi connectivity index (χ0) is 26.2. The number of anilines is 1. The average molecular weight is 516 g/mol. The van der Waals surface area contributed by atoms with Gasteiger partial charge in [-0.25, -0.2) is 14.4 Å². The molecule has 2 aliphatic carbocycles. The van der Waals surface area contributed by atoms with E-state index < -0.39 is 17.7 Å². The number of hydrogen-bond donors (Lipinski definition) is 1. The van der Waals surface area contributed by atoms with E-state index in [1.165, 1.54) is 12.1 Å². The van der Waals surface area contributed by atoms with E-state index in [4.69, 9.17) is 0 Å². The third-order valence-electron chi connectivity index (χ3n) is 7.24. The number of rotatable bonds is 7. The number of hydrogen-bond acceptors (Lipinski definition) is 4. The van der Waals surface area contributed by atoms with Gasteiger partial charge in [0.25, 0.3) is 5.91 Å². The van der Waals surface area contributed by atoms with Crippen LogP contribution in [0, 0.1) is 11.7 Å². The summed E-state index contributed by atoms with van der Waals surface area (Å²) in [5.41, 5.74) is 0.685. The number of alkyl halides is 3. The van der Waals surface area contributed by atoms with Crippen molar-refractivity contribution in [1.29, 1.82) is 0 Å². The van der Waals surface area contributed by atoms with Gasteiger partial charge in [-0.05, 0) is 75.3 Å². The Bertz CT molecular complexity index is 1330. The Labute approximate surface area is 212 Å². The first-order chi connectivity index (χ1) is 17.7. The van der Waals surface area contributed by atoms with Crippen LogP contribution in [0.1, 0.15) is 79.7 Å². The van der Waals surface area contributed by atoms with E-state index in [0.29, 0.717) is 30.0 Å². The number of aryl methyl sites for hydroxylation is 1. The van der Waals surface area contributed by atoms with Gasteiger partial charge in [0.2, 0.25) is 0 Å².